The molecule has 0 saturated heterocycles. The van der Waals surface area contributed by atoms with Gasteiger partial charge in [0.1, 0.15) is 5.82 Å². The average Bonchev–Trinajstić information content (AvgIpc) is 3.21. The lowest BCUT2D eigenvalue weighted by Gasteiger charge is -2.02. The summed E-state index contributed by atoms with van der Waals surface area (Å²) in [6, 6.07) is 28.0. The van der Waals surface area contributed by atoms with Gasteiger partial charge in [-0.05, 0) is 6.07 Å². The number of H-pyrrole nitrogens is 1. The van der Waals surface area contributed by atoms with Crippen molar-refractivity contribution in [3.8, 4) is 40.0 Å². The van der Waals surface area contributed by atoms with Crippen molar-refractivity contribution in [3.63, 3.8) is 0 Å². The quantitative estimate of drug-likeness (QED) is 0.354. The lowest BCUT2D eigenvalue weighted by Crippen LogP contribution is -1.92. The van der Waals surface area contributed by atoms with Crippen molar-refractivity contribution in [1.82, 2.24) is 9.97 Å². The third-order valence-corrected chi connectivity index (χ3v) is 4.17. The summed E-state index contributed by atoms with van der Waals surface area (Å²) >= 11 is 0. The number of aromatic amines is 1. The molecule has 6 nitrogen and oxygen atoms in total. The average molecular weight is 382 g/mol. The van der Waals surface area contributed by atoms with Crippen LogP contribution in [-0.2, 0) is 0 Å². The van der Waals surface area contributed by atoms with Crippen LogP contribution in [0.2, 0.25) is 0 Å². The predicted octanol–water partition coefficient (Wildman–Crippen LogP) is 5.85. The van der Waals surface area contributed by atoms with Crippen molar-refractivity contribution in [2.45, 2.75) is 6.92 Å². The number of rotatable bonds is 4. The Bertz CT molecular complexity index is 1090. The Kier molecular flexibility index (Phi) is 6.13. The summed E-state index contributed by atoms with van der Waals surface area (Å²) in [5.41, 5.74) is 4.03. The van der Waals surface area contributed by atoms with Gasteiger partial charge in [0.25, 0.3) is 5.69 Å². The Morgan fingerprint density at radius 3 is 2.00 bits per heavy atom. The summed E-state index contributed by atoms with van der Waals surface area (Å²) in [5, 5.41) is 18.7. The lowest BCUT2D eigenvalue weighted by atomic mass is 10.1. The van der Waals surface area contributed by atoms with E-state index in [1.807, 2.05) is 60.7 Å². The molecule has 0 spiro atoms. The van der Waals surface area contributed by atoms with Crippen LogP contribution in [-0.4, -0.2) is 14.9 Å². The van der Waals surface area contributed by atoms with E-state index in [0.717, 1.165) is 22.5 Å². The van der Waals surface area contributed by atoms with Gasteiger partial charge in [-0.1, -0.05) is 72.8 Å². The van der Waals surface area contributed by atoms with Crippen LogP contribution >= 0.6 is 0 Å². The van der Waals surface area contributed by atoms with Gasteiger partial charge in [0.15, 0.2) is 0 Å². The van der Waals surface area contributed by atoms with Gasteiger partial charge in [-0.2, -0.15) is 5.26 Å². The smallest absolute Gasteiger partial charge is 0.280 e. The zero-order valence-electron chi connectivity index (χ0n) is 15.7. The first-order chi connectivity index (χ1) is 14.2. The molecular weight excluding hydrogens is 364 g/mol. The second-order valence-electron chi connectivity index (χ2n) is 6.04. The van der Waals surface area contributed by atoms with Crippen molar-refractivity contribution >= 4 is 5.69 Å². The molecule has 1 heterocycles. The maximum absolute atomic E-state index is 11.4. The number of benzene rings is 3. The molecule has 0 atom stereocenters. The molecule has 0 saturated carbocycles. The minimum absolute atomic E-state index is 0.0282. The van der Waals surface area contributed by atoms with Crippen LogP contribution < -0.4 is 0 Å². The zero-order chi connectivity index (χ0) is 20.6. The van der Waals surface area contributed by atoms with Crippen LogP contribution in [0.25, 0.3) is 33.9 Å². The SMILES string of the molecule is CC#N.O=[N+]([O-])c1ccccc1-c1nc(-c2ccccc2)c(-c2ccccc2)[nH]1. The molecule has 29 heavy (non-hydrogen) atoms. The minimum atomic E-state index is -0.387. The second kappa shape index (κ2) is 9.11. The molecule has 4 aromatic rings. The van der Waals surface area contributed by atoms with E-state index in [1.54, 1.807) is 24.3 Å². The molecule has 0 amide bonds. The molecule has 3 aromatic carbocycles. The largest absolute Gasteiger partial charge is 0.337 e. The summed E-state index contributed by atoms with van der Waals surface area (Å²) in [5.74, 6) is 0.481. The number of nitriles is 1. The van der Waals surface area contributed by atoms with E-state index in [0.29, 0.717) is 11.4 Å². The molecule has 142 valence electrons. The third-order valence-electron chi connectivity index (χ3n) is 4.17. The molecule has 0 aliphatic heterocycles. The summed E-state index contributed by atoms with van der Waals surface area (Å²) in [6.07, 6.45) is 0. The Labute approximate surface area is 168 Å². The molecule has 0 unspecified atom stereocenters. The molecular formula is C23H18N4O2. The number of nitrogens with one attached hydrogen (secondary N) is 1. The fourth-order valence-electron chi connectivity index (χ4n) is 2.95. The van der Waals surface area contributed by atoms with Crippen LogP contribution in [0, 0.1) is 21.4 Å². The molecule has 6 heteroatoms. The fraction of sp³-hybridized carbons (Fsp3) is 0.0435. The van der Waals surface area contributed by atoms with E-state index in [2.05, 4.69) is 4.98 Å². The van der Waals surface area contributed by atoms with Gasteiger partial charge in [0.2, 0.25) is 0 Å². The van der Waals surface area contributed by atoms with E-state index in [9.17, 15) is 10.1 Å². The second-order valence-corrected chi connectivity index (χ2v) is 6.04. The standard InChI is InChI=1S/C21H15N3O2.C2H3N/c25-24(26)18-14-8-7-13-17(18)21-22-19(15-9-3-1-4-10-15)20(23-21)16-11-5-2-6-12-16;1-2-3/h1-14H,(H,22,23);1H3. The molecule has 1 N–H and O–H groups in total. The number of hydrogen-bond donors (Lipinski definition) is 1. The number of nitrogens with zero attached hydrogens (tertiary/aromatic N) is 3. The molecule has 0 bridgehead atoms. The minimum Gasteiger partial charge on any atom is -0.337 e. The number of hydrogen-bond acceptors (Lipinski definition) is 4. The number of nitro groups is 1. The highest BCUT2D eigenvalue weighted by Crippen LogP contribution is 2.35. The van der Waals surface area contributed by atoms with E-state index >= 15 is 0 Å². The van der Waals surface area contributed by atoms with Gasteiger partial charge in [0, 0.05) is 24.1 Å². The summed E-state index contributed by atoms with van der Waals surface area (Å²) in [7, 11) is 0. The van der Waals surface area contributed by atoms with E-state index in [4.69, 9.17) is 10.2 Å². The van der Waals surface area contributed by atoms with Gasteiger partial charge in [0.05, 0.1) is 27.9 Å². The predicted molar refractivity (Wildman–Crippen MR) is 113 cm³/mol. The molecule has 4 rings (SSSR count). The highest BCUT2D eigenvalue weighted by molar-refractivity contribution is 5.82. The third kappa shape index (κ3) is 4.37. The highest BCUT2D eigenvalue weighted by Gasteiger charge is 2.20. The monoisotopic (exact) mass is 382 g/mol. The van der Waals surface area contributed by atoms with E-state index < -0.39 is 0 Å². The molecule has 0 aliphatic rings. The zero-order valence-corrected chi connectivity index (χ0v) is 15.7. The van der Waals surface area contributed by atoms with Gasteiger partial charge in [-0.25, -0.2) is 4.98 Å². The van der Waals surface area contributed by atoms with Gasteiger partial charge in [-0.3, -0.25) is 10.1 Å². The number of aromatic nitrogens is 2. The molecule has 0 radical (unpaired) electrons. The van der Waals surface area contributed by atoms with Crippen molar-refractivity contribution in [2.75, 3.05) is 0 Å². The summed E-state index contributed by atoms with van der Waals surface area (Å²) < 4.78 is 0. The van der Waals surface area contributed by atoms with E-state index in [1.165, 1.54) is 13.0 Å². The van der Waals surface area contributed by atoms with Crippen LogP contribution in [0.1, 0.15) is 6.92 Å². The van der Waals surface area contributed by atoms with E-state index in [-0.39, 0.29) is 10.6 Å². The van der Waals surface area contributed by atoms with Crippen LogP contribution in [0.3, 0.4) is 0 Å². The first kappa shape index (κ1) is 19.5. The van der Waals surface area contributed by atoms with Crippen molar-refractivity contribution in [1.29, 1.82) is 5.26 Å². The molecule has 0 aliphatic carbocycles. The Morgan fingerprint density at radius 1 is 0.897 bits per heavy atom. The number of para-hydroxylation sites is 1. The van der Waals surface area contributed by atoms with Crippen LogP contribution in [0.15, 0.2) is 84.9 Å². The maximum atomic E-state index is 11.4. The summed E-state index contributed by atoms with van der Waals surface area (Å²) in [6.45, 7) is 1.43. The first-order valence-electron chi connectivity index (χ1n) is 8.91. The normalized spacial score (nSPS) is 9.79. The molecule has 0 fully saturated rings. The van der Waals surface area contributed by atoms with Crippen molar-refractivity contribution < 1.29 is 4.92 Å². The Hall–Kier alpha value is -4.24. The van der Waals surface area contributed by atoms with Crippen molar-refractivity contribution in [2.24, 2.45) is 0 Å². The fourth-order valence-corrected chi connectivity index (χ4v) is 2.95. The Morgan fingerprint density at radius 2 is 1.41 bits per heavy atom. The van der Waals surface area contributed by atoms with Crippen molar-refractivity contribution in [3.05, 3.63) is 95.0 Å². The number of nitro benzene ring substituents is 1. The maximum Gasteiger partial charge on any atom is 0.280 e. The number of imidazole rings is 1. The Balaban J connectivity index is 0.000000755. The first-order valence-corrected chi connectivity index (χ1v) is 8.91. The highest BCUT2D eigenvalue weighted by atomic mass is 16.6. The molecule has 1 aromatic heterocycles. The van der Waals surface area contributed by atoms with Crippen LogP contribution in [0.5, 0.6) is 0 Å². The van der Waals surface area contributed by atoms with Crippen LogP contribution in [0.4, 0.5) is 5.69 Å². The lowest BCUT2D eigenvalue weighted by molar-refractivity contribution is -0.384. The van der Waals surface area contributed by atoms with Gasteiger partial charge in [-0.15, -0.1) is 0 Å². The van der Waals surface area contributed by atoms with Gasteiger partial charge >= 0.3 is 0 Å². The summed E-state index contributed by atoms with van der Waals surface area (Å²) in [4.78, 5) is 19.0. The van der Waals surface area contributed by atoms with Gasteiger partial charge < -0.3 is 4.98 Å². The topological polar surface area (TPSA) is 95.6 Å².